The van der Waals surface area contributed by atoms with Gasteiger partial charge >= 0.3 is 29.6 Å². The number of rotatable bonds is 1. The smallest absolute Gasteiger partial charge is 0.792 e. The standard InChI is InChI=1S/C7H13ClS.Na/c8-7-3-1-6(5-9)2-4-7;/h6-7,9H,1-5H2;/q;+1/p-1. The molecule has 0 nitrogen and oxygen atoms in total. The van der Waals surface area contributed by atoms with E-state index in [1.54, 1.807) is 0 Å². The Morgan fingerprint density at radius 2 is 1.70 bits per heavy atom. The van der Waals surface area contributed by atoms with Gasteiger partial charge in [-0.05, 0) is 12.8 Å². The molecule has 0 bridgehead atoms. The summed E-state index contributed by atoms with van der Waals surface area (Å²) in [7, 11) is 0. The third kappa shape index (κ3) is 3.87. The van der Waals surface area contributed by atoms with Gasteiger partial charge in [0.1, 0.15) is 0 Å². The summed E-state index contributed by atoms with van der Waals surface area (Å²) >= 11 is 10.9. The number of hydrogen-bond donors (Lipinski definition) is 0. The molecular formula is C7H12ClNaS. The Balaban J connectivity index is 0.000000810. The fourth-order valence-electron chi connectivity index (χ4n) is 1.29. The molecule has 0 aromatic heterocycles. The van der Waals surface area contributed by atoms with Crippen molar-refractivity contribution in [3.63, 3.8) is 0 Å². The van der Waals surface area contributed by atoms with Gasteiger partial charge in [0, 0.05) is 5.38 Å². The Kier molecular flexibility index (Phi) is 7.20. The molecule has 3 heteroatoms. The zero-order valence-electron chi connectivity index (χ0n) is 6.48. The van der Waals surface area contributed by atoms with Gasteiger partial charge in [-0.3, -0.25) is 0 Å². The van der Waals surface area contributed by atoms with E-state index < -0.39 is 0 Å². The van der Waals surface area contributed by atoms with E-state index in [-0.39, 0.29) is 29.6 Å². The van der Waals surface area contributed by atoms with Crippen LogP contribution in [0.2, 0.25) is 0 Å². The van der Waals surface area contributed by atoms with Crippen LogP contribution in [0.1, 0.15) is 25.7 Å². The van der Waals surface area contributed by atoms with Crippen LogP contribution in [0.15, 0.2) is 0 Å². The third-order valence-electron chi connectivity index (χ3n) is 2.01. The van der Waals surface area contributed by atoms with E-state index >= 15 is 0 Å². The summed E-state index contributed by atoms with van der Waals surface area (Å²) in [6.45, 7) is 0. The molecule has 0 heterocycles. The molecule has 0 aromatic rings. The second-order valence-electron chi connectivity index (χ2n) is 2.78. The molecule has 0 radical (unpaired) electrons. The van der Waals surface area contributed by atoms with Crippen LogP contribution in [-0.2, 0) is 12.6 Å². The molecule has 0 spiro atoms. The summed E-state index contributed by atoms with van der Waals surface area (Å²) in [6, 6.07) is 0. The minimum Gasteiger partial charge on any atom is -0.792 e. The molecule has 0 unspecified atom stereocenters. The largest absolute Gasteiger partial charge is 1.00 e. The quantitative estimate of drug-likeness (QED) is 0.298. The molecule has 0 atom stereocenters. The van der Waals surface area contributed by atoms with Gasteiger partial charge < -0.3 is 12.6 Å². The molecule has 0 amide bonds. The van der Waals surface area contributed by atoms with Crippen molar-refractivity contribution in [3.05, 3.63) is 0 Å². The first kappa shape index (κ1) is 11.6. The fourth-order valence-corrected chi connectivity index (χ4v) is 1.87. The first-order chi connectivity index (χ1) is 4.33. The van der Waals surface area contributed by atoms with Gasteiger partial charge in [-0.2, -0.15) is 5.75 Å². The molecule has 1 aliphatic rings. The van der Waals surface area contributed by atoms with Crippen molar-refractivity contribution in [2.45, 2.75) is 31.1 Å². The number of halogens is 1. The molecular weight excluding hydrogens is 175 g/mol. The van der Waals surface area contributed by atoms with Crippen LogP contribution < -0.4 is 29.6 Å². The van der Waals surface area contributed by atoms with E-state index in [4.69, 9.17) is 24.2 Å². The number of hydrogen-bond acceptors (Lipinski definition) is 1. The molecule has 10 heavy (non-hydrogen) atoms. The average molecular weight is 187 g/mol. The minimum absolute atomic E-state index is 0. The van der Waals surface area contributed by atoms with Gasteiger partial charge in [-0.25, -0.2) is 0 Å². The van der Waals surface area contributed by atoms with Crippen molar-refractivity contribution in [3.8, 4) is 0 Å². The molecule has 0 aliphatic heterocycles. The van der Waals surface area contributed by atoms with Gasteiger partial charge in [-0.15, -0.1) is 11.6 Å². The molecule has 0 saturated heterocycles. The fraction of sp³-hybridized carbons (Fsp3) is 1.00. The van der Waals surface area contributed by atoms with Gasteiger partial charge in [0.25, 0.3) is 0 Å². The molecule has 1 fully saturated rings. The zero-order valence-corrected chi connectivity index (χ0v) is 10.0. The molecule has 1 saturated carbocycles. The van der Waals surface area contributed by atoms with Crippen molar-refractivity contribution in [1.29, 1.82) is 0 Å². The van der Waals surface area contributed by atoms with Crippen LogP contribution in [0.3, 0.4) is 0 Å². The normalized spacial score (nSPS) is 33.0. The summed E-state index contributed by atoms with van der Waals surface area (Å²) < 4.78 is 0. The minimum atomic E-state index is 0. The average Bonchev–Trinajstić information content (AvgIpc) is 1.90. The topological polar surface area (TPSA) is 0 Å². The van der Waals surface area contributed by atoms with Crippen LogP contribution in [0, 0.1) is 5.92 Å². The third-order valence-corrected chi connectivity index (χ3v) is 2.92. The van der Waals surface area contributed by atoms with E-state index in [1.165, 1.54) is 25.7 Å². The Morgan fingerprint density at radius 1 is 1.20 bits per heavy atom. The van der Waals surface area contributed by atoms with Gasteiger partial charge in [0.2, 0.25) is 0 Å². The zero-order chi connectivity index (χ0) is 6.69. The van der Waals surface area contributed by atoms with E-state index in [9.17, 15) is 0 Å². The second-order valence-corrected chi connectivity index (χ2v) is 3.74. The Bertz CT molecular complexity index is 81.7. The molecule has 1 rings (SSSR count). The van der Waals surface area contributed by atoms with E-state index in [0.717, 1.165) is 11.7 Å². The predicted octanol–water partition coefficient (Wildman–Crippen LogP) is -0.665. The summed E-state index contributed by atoms with van der Waals surface area (Å²) in [5.41, 5.74) is 0. The SMILES string of the molecule is [Na+].[S-]CC1CCC(Cl)CC1. The summed E-state index contributed by atoms with van der Waals surface area (Å²) in [5, 5.41) is 0.447. The van der Waals surface area contributed by atoms with E-state index in [0.29, 0.717) is 5.38 Å². The van der Waals surface area contributed by atoms with Gasteiger partial charge in [0.15, 0.2) is 0 Å². The first-order valence-corrected chi connectivity index (χ1v) is 4.56. The van der Waals surface area contributed by atoms with Crippen molar-refractivity contribution >= 4 is 24.2 Å². The monoisotopic (exact) mass is 186 g/mol. The maximum absolute atomic E-state index is 5.90. The summed E-state index contributed by atoms with van der Waals surface area (Å²) in [6.07, 6.45) is 4.89. The van der Waals surface area contributed by atoms with Crippen molar-refractivity contribution in [2.75, 3.05) is 5.75 Å². The molecule has 0 aromatic carbocycles. The number of alkyl halides is 1. The Morgan fingerprint density at radius 3 is 2.10 bits per heavy atom. The summed E-state index contributed by atoms with van der Waals surface area (Å²) in [4.78, 5) is 0. The molecule has 1 aliphatic carbocycles. The maximum Gasteiger partial charge on any atom is 1.00 e. The van der Waals surface area contributed by atoms with Crippen molar-refractivity contribution in [2.24, 2.45) is 5.92 Å². The van der Waals surface area contributed by atoms with Crippen molar-refractivity contribution in [1.82, 2.24) is 0 Å². The maximum atomic E-state index is 5.90. The molecule has 0 N–H and O–H groups in total. The second kappa shape index (κ2) is 6.19. The van der Waals surface area contributed by atoms with Crippen LogP contribution in [0.4, 0.5) is 0 Å². The van der Waals surface area contributed by atoms with Crippen molar-refractivity contribution < 1.29 is 29.6 Å². The van der Waals surface area contributed by atoms with E-state index in [2.05, 4.69) is 0 Å². The predicted molar refractivity (Wildman–Crippen MR) is 43.8 cm³/mol. The Labute approximate surface area is 95.8 Å². The van der Waals surface area contributed by atoms with Crippen LogP contribution >= 0.6 is 11.6 Å². The first-order valence-electron chi connectivity index (χ1n) is 3.55. The van der Waals surface area contributed by atoms with Gasteiger partial charge in [-0.1, -0.05) is 18.8 Å². The Hall–Kier alpha value is 1.64. The van der Waals surface area contributed by atoms with Crippen LogP contribution in [-0.4, -0.2) is 11.1 Å². The molecule has 54 valence electrons. The van der Waals surface area contributed by atoms with E-state index in [1.807, 2.05) is 0 Å². The van der Waals surface area contributed by atoms with Crippen LogP contribution in [0.5, 0.6) is 0 Å². The van der Waals surface area contributed by atoms with Gasteiger partial charge in [0.05, 0.1) is 0 Å². The van der Waals surface area contributed by atoms with Crippen LogP contribution in [0.25, 0.3) is 0 Å². The summed E-state index contributed by atoms with van der Waals surface area (Å²) in [5.74, 6) is 1.74.